The van der Waals surface area contributed by atoms with Crippen molar-refractivity contribution < 1.29 is 27.5 Å². The molecule has 0 aromatic heterocycles. The fourth-order valence-electron chi connectivity index (χ4n) is 3.77. The number of nitrogens with one attached hydrogen (secondary N) is 2. The molecule has 0 aliphatic heterocycles. The summed E-state index contributed by atoms with van der Waals surface area (Å²) in [6, 6.07) is 17.6. The second-order valence-electron chi connectivity index (χ2n) is 7.88. The van der Waals surface area contributed by atoms with E-state index in [1.807, 2.05) is 6.07 Å². The lowest BCUT2D eigenvalue weighted by atomic mass is 9.92. The van der Waals surface area contributed by atoms with Gasteiger partial charge in [-0.2, -0.15) is 0 Å². The van der Waals surface area contributed by atoms with E-state index >= 15 is 0 Å². The van der Waals surface area contributed by atoms with Crippen molar-refractivity contribution in [1.82, 2.24) is 4.72 Å². The highest BCUT2D eigenvalue weighted by atomic mass is 35.5. The average Bonchev–Trinajstić information content (AvgIpc) is 2.90. The van der Waals surface area contributed by atoms with Gasteiger partial charge in [-0.1, -0.05) is 41.9 Å². The van der Waals surface area contributed by atoms with Crippen molar-refractivity contribution in [3.8, 4) is 11.5 Å². The first kappa shape index (κ1) is 25.4. The minimum atomic E-state index is -3.77. The third-order valence-electron chi connectivity index (χ3n) is 5.65. The molecule has 10 heteroatoms. The second kappa shape index (κ2) is 10.5. The lowest BCUT2D eigenvalue weighted by Gasteiger charge is -2.19. The highest BCUT2D eigenvalue weighted by Crippen LogP contribution is 2.30. The molecule has 0 amide bonds. The van der Waals surface area contributed by atoms with Crippen LogP contribution in [0, 0.1) is 0 Å². The molecule has 0 unspecified atom stereocenters. The van der Waals surface area contributed by atoms with Crippen LogP contribution < -0.4 is 19.5 Å². The summed E-state index contributed by atoms with van der Waals surface area (Å²) in [7, 11) is -0.691. The summed E-state index contributed by atoms with van der Waals surface area (Å²) in [5.41, 5.74) is 1.75. The molecule has 8 nitrogen and oxygen atoms in total. The average molecular weight is 527 g/mol. The number of ether oxygens (including phenoxy) is 2. The smallest absolute Gasteiger partial charge is 0.240 e. The second-order valence-corrected chi connectivity index (χ2v) is 10.0. The SMILES string of the molecule is COc1ccc(CCNS(=O)(=O)c2ccc(NC3=C(Cl)C(=O)c4ccccc4C3=O)cc2)cc1OC. The van der Waals surface area contributed by atoms with Gasteiger partial charge in [0, 0.05) is 23.4 Å². The first-order valence-corrected chi connectivity index (χ1v) is 12.8. The van der Waals surface area contributed by atoms with E-state index in [-0.39, 0.29) is 33.3 Å². The van der Waals surface area contributed by atoms with Gasteiger partial charge in [-0.05, 0) is 48.4 Å². The Hall–Kier alpha value is -3.66. The number of sulfonamides is 1. The van der Waals surface area contributed by atoms with E-state index in [1.165, 1.54) is 31.4 Å². The number of halogens is 1. The zero-order valence-corrected chi connectivity index (χ0v) is 21.1. The molecule has 3 aromatic rings. The summed E-state index contributed by atoms with van der Waals surface area (Å²) in [5.74, 6) is 0.296. The van der Waals surface area contributed by atoms with E-state index in [0.29, 0.717) is 23.6 Å². The van der Waals surface area contributed by atoms with Gasteiger partial charge in [0.05, 0.1) is 19.1 Å². The molecule has 4 rings (SSSR count). The van der Waals surface area contributed by atoms with Crippen LogP contribution in [0.25, 0.3) is 0 Å². The van der Waals surface area contributed by atoms with Gasteiger partial charge in [-0.3, -0.25) is 9.59 Å². The zero-order valence-electron chi connectivity index (χ0n) is 19.5. The summed E-state index contributed by atoms with van der Waals surface area (Å²) < 4.78 is 38.5. The standard InChI is InChI=1S/C26H23ClN2O6S/c1-34-21-12-7-16(15-22(21)35-2)13-14-28-36(32,33)18-10-8-17(9-11-18)29-24-23(27)25(30)19-5-3-4-6-20(19)26(24)31/h3-12,15,28-29H,13-14H2,1-2H3. The van der Waals surface area contributed by atoms with Crippen LogP contribution in [-0.2, 0) is 16.4 Å². The number of carbonyl (C=O) groups excluding carboxylic acids is 2. The van der Waals surface area contributed by atoms with Crippen LogP contribution in [0.4, 0.5) is 5.69 Å². The normalized spacial score (nSPS) is 13.4. The number of ketones is 2. The van der Waals surface area contributed by atoms with Crippen LogP contribution in [0.1, 0.15) is 26.3 Å². The van der Waals surface area contributed by atoms with E-state index in [0.717, 1.165) is 5.56 Å². The van der Waals surface area contributed by atoms with Crippen molar-refractivity contribution >= 4 is 38.9 Å². The number of methoxy groups -OCH3 is 2. The molecule has 36 heavy (non-hydrogen) atoms. The van der Waals surface area contributed by atoms with Crippen LogP contribution >= 0.6 is 11.6 Å². The lowest BCUT2D eigenvalue weighted by molar-refractivity contribution is 0.0982. The number of allylic oxidation sites excluding steroid dienone is 2. The highest BCUT2D eigenvalue weighted by molar-refractivity contribution is 7.89. The van der Waals surface area contributed by atoms with Gasteiger partial charge < -0.3 is 14.8 Å². The maximum atomic E-state index is 12.8. The van der Waals surface area contributed by atoms with Crippen molar-refractivity contribution in [3.05, 3.63) is 94.1 Å². The molecule has 1 aliphatic carbocycles. The molecule has 0 bridgehead atoms. The van der Waals surface area contributed by atoms with Gasteiger partial charge in [0.1, 0.15) is 10.7 Å². The maximum absolute atomic E-state index is 12.8. The molecule has 0 saturated carbocycles. The summed E-state index contributed by atoms with van der Waals surface area (Å²) in [4.78, 5) is 25.4. The van der Waals surface area contributed by atoms with Crippen molar-refractivity contribution in [1.29, 1.82) is 0 Å². The van der Waals surface area contributed by atoms with Gasteiger partial charge >= 0.3 is 0 Å². The predicted octanol–water partition coefficient (Wildman–Crippen LogP) is 4.17. The maximum Gasteiger partial charge on any atom is 0.240 e. The van der Waals surface area contributed by atoms with E-state index in [2.05, 4.69) is 10.0 Å². The van der Waals surface area contributed by atoms with Crippen molar-refractivity contribution in [2.45, 2.75) is 11.3 Å². The Balaban J connectivity index is 1.42. The Morgan fingerprint density at radius 3 is 2.11 bits per heavy atom. The van der Waals surface area contributed by atoms with Crippen LogP contribution in [-0.4, -0.2) is 40.7 Å². The predicted molar refractivity (Wildman–Crippen MR) is 136 cm³/mol. The molecule has 2 N–H and O–H groups in total. The fraction of sp³-hybridized carbons (Fsp3) is 0.154. The molecule has 0 saturated heterocycles. The van der Waals surface area contributed by atoms with Crippen molar-refractivity contribution in [3.63, 3.8) is 0 Å². The number of fused-ring (bicyclic) bond motifs is 1. The van der Waals surface area contributed by atoms with E-state index in [4.69, 9.17) is 21.1 Å². The number of Topliss-reactive ketones (excluding diaryl/α,β-unsaturated/α-hetero) is 2. The number of anilines is 1. The van der Waals surface area contributed by atoms with Crippen LogP contribution in [0.2, 0.25) is 0 Å². The van der Waals surface area contributed by atoms with Crippen molar-refractivity contribution in [2.75, 3.05) is 26.1 Å². The van der Waals surface area contributed by atoms with Gasteiger partial charge in [0.2, 0.25) is 21.6 Å². The summed E-state index contributed by atoms with van der Waals surface area (Å²) in [6.45, 7) is 0.177. The van der Waals surface area contributed by atoms with Gasteiger partial charge in [0.15, 0.2) is 11.5 Å². The summed E-state index contributed by atoms with van der Waals surface area (Å²) >= 11 is 6.18. The minimum Gasteiger partial charge on any atom is -0.493 e. The molecule has 0 heterocycles. The first-order valence-electron chi connectivity index (χ1n) is 10.9. The van der Waals surface area contributed by atoms with E-state index in [9.17, 15) is 18.0 Å². The molecule has 3 aromatic carbocycles. The monoisotopic (exact) mass is 526 g/mol. The van der Waals surface area contributed by atoms with Gasteiger partial charge in [-0.15, -0.1) is 0 Å². The highest BCUT2D eigenvalue weighted by Gasteiger charge is 2.31. The topological polar surface area (TPSA) is 111 Å². The largest absolute Gasteiger partial charge is 0.493 e. The number of rotatable bonds is 9. The Morgan fingerprint density at radius 2 is 1.47 bits per heavy atom. The molecular formula is C26H23ClN2O6S. The fourth-order valence-corrected chi connectivity index (χ4v) is 5.03. The zero-order chi connectivity index (χ0) is 25.9. The molecule has 0 fully saturated rings. The van der Waals surface area contributed by atoms with Gasteiger partial charge in [-0.25, -0.2) is 13.1 Å². The van der Waals surface area contributed by atoms with Crippen LogP contribution in [0.5, 0.6) is 11.5 Å². The van der Waals surface area contributed by atoms with E-state index in [1.54, 1.807) is 43.5 Å². The van der Waals surface area contributed by atoms with Crippen LogP contribution in [0.3, 0.4) is 0 Å². The summed E-state index contributed by atoms with van der Waals surface area (Å²) in [5, 5.41) is 2.64. The molecule has 1 aliphatic rings. The molecule has 0 radical (unpaired) electrons. The quantitative estimate of drug-likeness (QED) is 0.430. The van der Waals surface area contributed by atoms with Crippen molar-refractivity contribution in [2.24, 2.45) is 0 Å². The third kappa shape index (κ3) is 5.13. The Bertz CT molecular complexity index is 1470. The molecule has 186 valence electrons. The third-order valence-corrected chi connectivity index (χ3v) is 7.49. The Labute approximate surface area is 213 Å². The number of carbonyl (C=O) groups is 2. The molecular weight excluding hydrogens is 504 g/mol. The Morgan fingerprint density at radius 1 is 0.833 bits per heavy atom. The molecule has 0 spiro atoms. The minimum absolute atomic E-state index is 0.0518. The number of hydrogen-bond donors (Lipinski definition) is 2. The first-order chi connectivity index (χ1) is 17.2. The van der Waals surface area contributed by atoms with Crippen LogP contribution in [0.15, 0.2) is 82.4 Å². The number of hydrogen-bond acceptors (Lipinski definition) is 7. The lowest BCUT2D eigenvalue weighted by Crippen LogP contribution is -2.26. The number of benzene rings is 3. The van der Waals surface area contributed by atoms with E-state index < -0.39 is 21.6 Å². The van der Waals surface area contributed by atoms with Gasteiger partial charge in [0.25, 0.3) is 0 Å². The molecule has 0 atom stereocenters. The summed E-state index contributed by atoms with van der Waals surface area (Å²) in [6.07, 6.45) is 0.448. The Kier molecular flexibility index (Phi) is 7.44.